The Hall–Kier alpha value is -1.04. The van der Waals surface area contributed by atoms with E-state index in [2.05, 4.69) is 11.1 Å². The van der Waals surface area contributed by atoms with E-state index in [1.807, 2.05) is 13.8 Å². The lowest BCUT2D eigenvalue weighted by Crippen LogP contribution is -2.42. The van der Waals surface area contributed by atoms with Crippen LogP contribution in [-0.2, 0) is 4.74 Å². The molecule has 0 spiro atoms. The minimum Gasteiger partial charge on any atom is -0.474 e. The number of hydrogen-bond donors (Lipinski definition) is 0. The Bertz CT molecular complexity index is 214. The van der Waals surface area contributed by atoms with E-state index in [0.717, 1.165) is 0 Å². The molecule has 0 aromatic rings. The highest BCUT2D eigenvalue weighted by molar-refractivity contribution is 5.54. The molecule has 1 unspecified atom stereocenters. The molecule has 0 fully saturated rings. The third kappa shape index (κ3) is 0.688. The van der Waals surface area contributed by atoms with Crippen molar-refractivity contribution in [2.45, 2.75) is 31.9 Å². The molecular weight excluding hydrogens is 128 g/mol. The molecule has 0 aromatic heterocycles. The fourth-order valence-electron chi connectivity index (χ4n) is 0.697. The first-order valence-electron chi connectivity index (χ1n) is 3.15. The van der Waals surface area contributed by atoms with Crippen molar-refractivity contribution in [3.63, 3.8) is 0 Å². The van der Waals surface area contributed by atoms with E-state index >= 15 is 0 Å². The monoisotopic (exact) mass is 138 g/mol. The van der Waals surface area contributed by atoms with Gasteiger partial charge in [0.05, 0.1) is 6.07 Å². The summed E-state index contributed by atoms with van der Waals surface area (Å²) in [6.07, 6.45) is 1.35. The summed E-state index contributed by atoms with van der Waals surface area (Å²) in [7, 11) is 0. The van der Waals surface area contributed by atoms with E-state index < -0.39 is 11.1 Å². The largest absolute Gasteiger partial charge is 0.474 e. The maximum absolute atomic E-state index is 8.72. The molecular formula is C7H10N2O. The number of nitrogens with zero attached hydrogens (tertiary/aromatic N) is 2. The number of rotatable bonds is 0. The van der Waals surface area contributed by atoms with Crippen LogP contribution in [0, 0.1) is 11.3 Å². The van der Waals surface area contributed by atoms with Crippen LogP contribution < -0.4 is 0 Å². The molecule has 0 bridgehead atoms. The smallest absolute Gasteiger partial charge is 0.185 e. The van der Waals surface area contributed by atoms with Crippen molar-refractivity contribution < 1.29 is 4.74 Å². The minimum absolute atomic E-state index is 0.484. The van der Waals surface area contributed by atoms with Gasteiger partial charge in [-0.1, -0.05) is 0 Å². The summed E-state index contributed by atoms with van der Waals surface area (Å²) in [5.41, 5.74) is -1.20. The lowest BCUT2D eigenvalue weighted by atomic mass is 9.87. The second kappa shape index (κ2) is 1.72. The molecule has 3 heteroatoms. The van der Waals surface area contributed by atoms with Crippen LogP contribution in [0.1, 0.15) is 20.8 Å². The maximum Gasteiger partial charge on any atom is 0.185 e. The SMILES string of the molecule is CC1(C#N)N=COC1(C)C. The second-order valence-corrected chi connectivity index (χ2v) is 3.05. The Morgan fingerprint density at radius 1 is 1.50 bits per heavy atom. The van der Waals surface area contributed by atoms with E-state index in [9.17, 15) is 0 Å². The molecule has 1 heterocycles. The van der Waals surface area contributed by atoms with Crippen molar-refractivity contribution in [2.24, 2.45) is 4.99 Å². The molecule has 1 aliphatic heterocycles. The molecule has 1 rings (SSSR count). The normalized spacial score (nSPS) is 35.0. The van der Waals surface area contributed by atoms with Gasteiger partial charge in [-0.2, -0.15) is 5.26 Å². The zero-order valence-electron chi connectivity index (χ0n) is 6.38. The number of hydrogen-bond acceptors (Lipinski definition) is 3. The van der Waals surface area contributed by atoms with Crippen molar-refractivity contribution in [1.82, 2.24) is 0 Å². The van der Waals surface area contributed by atoms with Gasteiger partial charge in [0.2, 0.25) is 0 Å². The molecule has 0 saturated carbocycles. The van der Waals surface area contributed by atoms with Crippen molar-refractivity contribution in [1.29, 1.82) is 5.26 Å². The summed E-state index contributed by atoms with van der Waals surface area (Å²) in [5, 5.41) is 8.72. The van der Waals surface area contributed by atoms with E-state index in [0.29, 0.717) is 0 Å². The van der Waals surface area contributed by atoms with Crippen LogP contribution in [-0.4, -0.2) is 17.5 Å². The van der Waals surface area contributed by atoms with Gasteiger partial charge in [-0.3, -0.25) is 0 Å². The second-order valence-electron chi connectivity index (χ2n) is 3.05. The van der Waals surface area contributed by atoms with E-state index in [1.165, 1.54) is 6.40 Å². The van der Waals surface area contributed by atoms with Crippen molar-refractivity contribution >= 4 is 6.40 Å². The number of aliphatic imine (C=N–C) groups is 1. The van der Waals surface area contributed by atoms with Gasteiger partial charge in [-0.15, -0.1) is 0 Å². The first-order chi connectivity index (χ1) is 4.52. The average Bonchev–Trinajstić information content (AvgIpc) is 2.10. The van der Waals surface area contributed by atoms with Gasteiger partial charge in [0.15, 0.2) is 11.9 Å². The molecule has 0 radical (unpaired) electrons. The molecule has 0 amide bonds. The summed E-state index contributed by atoms with van der Waals surface area (Å²) in [4.78, 5) is 3.93. The third-order valence-corrected chi connectivity index (χ3v) is 2.05. The zero-order valence-corrected chi connectivity index (χ0v) is 6.38. The molecule has 3 nitrogen and oxygen atoms in total. The van der Waals surface area contributed by atoms with Gasteiger partial charge in [0.1, 0.15) is 5.60 Å². The number of nitriles is 1. The highest BCUT2D eigenvalue weighted by Crippen LogP contribution is 2.32. The highest BCUT2D eigenvalue weighted by Gasteiger charge is 2.46. The van der Waals surface area contributed by atoms with E-state index in [1.54, 1.807) is 6.92 Å². The first-order valence-corrected chi connectivity index (χ1v) is 3.15. The van der Waals surface area contributed by atoms with E-state index in [4.69, 9.17) is 10.00 Å². The van der Waals surface area contributed by atoms with Crippen molar-refractivity contribution in [3.8, 4) is 6.07 Å². The molecule has 0 saturated heterocycles. The van der Waals surface area contributed by atoms with Crippen LogP contribution in [0.15, 0.2) is 4.99 Å². The van der Waals surface area contributed by atoms with Crippen molar-refractivity contribution in [2.75, 3.05) is 0 Å². The van der Waals surface area contributed by atoms with Gasteiger partial charge < -0.3 is 4.74 Å². The zero-order chi connectivity index (χ0) is 7.83. The Balaban J connectivity index is 2.99. The molecule has 54 valence electrons. The quantitative estimate of drug-likeness (QED) is 0.503. The Morgan fingerprint density at radius 2 is 2.10 bits per heavy atom. The van der Waals surface area contributed by atoms with Gasteiger partial charge in [0, 0.05) is 0 Å². The molecule has 10 heavy (non-hydrogen) atoms. The predicted octanol–water partition coefficient (Wildman–Crippen LogP) is 1.11. The lowest BCUT2D eigenvalue weighted by Gasteiger charge is -2.27. The molecule has 0 aromatic carbocycles. The fourth-order valence-corrected chi connectivity index (χ4v) is 0.697. The van der Waals surface area contributed by atoms with Crippen LogP contribution in [0.3, 0.4) is 0 Å². The number of ether oxygens (including phenoxy) is 1. The fraction of sp³-hybridized carbons (Fsp3) is 0.714. The van der Waals surface area contributed by atoms with Crippen LogP contribution in [0.25, 0.3) is 0 Å². The highest BCUT2D eigenvalue weighted by atomic mass is 16.5. The van der Waals surface area contributed by atoms with Crippen LogP contribution in [0.4, 0.5) is 0 Å². The van der Waals surface area contributed by atoms with Crippen molar-refractivity contribution in [3.05, 3.63) is 0 Å². The van der Waals surface area contributed by atoms with Gasteiger partial charge in [-0.25, -0.2) is 4.99 Å². The van der Waals surface area contributed by atoms with Gasteiger partial charge in [0.25, 0.3) is 0 Å². The lowest BCUT2D eigenvalue weighted by molar-refractivity contribution is 0.0826. The van der Waals surface area contributed by atoms with Gasteiger partial charge >= 0.3 is 0 Å². The van der Waals surface area contributed by atoms with Crippen LogP contribution in [0.5, 0.6) is 0 Å². The Labute approximate surface area is 60.3 Å². The topological polar surface area (TPSA) is 45.4 Å². The minimum atomic E-state index is -0.715. The summed E-state index contributed by atoms with van der Waals surface area (Å²) in [6, 6.07) is 2.11. The standard InChI is InChI=1S/C7H10N2O/c1-6(2)7(3,4-8)9-5-10-6/h5H,1-3H3. The van der Waals surface area contributed by atoms with E-state index in [-0.39, 0.29) is 0 Å². The van der Waals surface area contributed by atoms with Gasteiger partial charge in [-0.05, 0) is 20.8 Å². The first kappa shape index (κ1) is 7.07. The van der Waals surface area contributed by atoms with Crippen LogP contribution >= 0.6 is 0 Å². The molecule has 0 aliphatic carbocycles. The summed E-state index contributed by atoms with van der Waals surface area (Å²) in [5.74, 6) is 0. The maximum atomic E-state index is 8.72. The summed E-state index contributed by atoms with van der Waals surface area (Å²) < 4.78 is 5.13. The summed E-state index contributed by atoms with van der Waals surface area (Å²) >= 11 is 0. The summed E-state index contributed by atoms with van der Waals surface area (Å²) in [6.45, 7) is 5.46. The van der Waals surface area contributed by atoms with Crippen LogP contribution in [0.2, 0.25) is 0 Å². The Kier molecular flexibility index (Phi) is 1.22. The predicted molar refractivity (Wildman–Crippen MR) is 37.7 cm³/mol. The molecule has 1 aliphatic rings. The molecule has 0 N–H and O–H groups in total. The average molecular weight is 138 g/mol. The Morgan fingerprint density at radius 3 is 2.30 bits per heavy atom. The third-order valence-electron chi connectivity index (χ3n) is 2.05. The molecule has 1 atom stereocenters.